The van der Waals surface area contributed by atoms with Crippen molar-refractivity contribution in [1.82, 2.24) is 15.2 Å². The van der Waals surface area contributed by atoms with Crippen LogP contribution >= 0.6 is 0 Å². The maximum Gasteiger partial charge on any atom is 0.0300 e. The second-order valence-corrected chi connectivity index (χ2v) is 5.61. The van der Waals surface area contributed by atoms with E-state index < -0.39 is 0 Å². The average Bonchev–Trinajstić information content (AvgIpc) is 2.47. The zero-order valence-corrected chi connectivity index (χ0v) is 12.1. The molecule has 0 aliphatic carbocycles. The van der Waals surface area contributed by atoms with Crippen LogP contribution in [0.3, 0.4) is 0 Å². The minimum absolute atomic E-state index is 0.890. The van der Waals surface area contributed by atoms with Gasteiger partial charge in [-0.25, -0.2) is 0 Å². The van der Waals surface area contributed by atoms with Crippen LogP contribution in [0, 0.1) is 5.92 Å². The highest BCUT2D eigenvalue weighted by atomic mass is 15.1. The van der Waals surface area contributed by atoms with Gasteiger partial charge in [0.05, 0.1) is 0 Å². The van der Waals surface area contributed by atoms with Gasteiger partial charge in [-0.3, -0.25) is 4.98 Å². The fraction of sp³-hybridized carbons (Fsp3) is 0.688. The van der Waals surface area contributed by atoms with Gasteiger partial charge in [0.25, 0.3) is 0 Å². The normalized spacial score (nSPS) is 16.9. The number of piperidine rings is 1. The highest BCUT2D eigenvalue weighted by Crippen LogP contribution is 2.14. The van der Waals surface area contributed by atoms with Gasteiger partial charge in [0, 0.05) is 25.5 Å². The number of hydrogen-bond donors (Lipinski definition) is 1. The van der Waals surface area contributed by atoms with E-state index in [1.807, 2.05) is 18.5 Å². The van der Waals surface area contributed by atoms with Gasteiger partial charge in [0.15, 0.2) is 0 Å². The first kappa shape index (κ1) is 14.5. The van der Waals surface area contributed by atoms with Gasteiger partial charge in [-0.2, -0.15) is 0 Å². The van der Waals surface area contributed by atoms with Gasteiger partial charge in [0.2, 0.25) is 0 Å². The molecule has 1 aliphatic rings. The van der Waals surface area contributed by atoms with Crippen molar-refractivity contribution in [2.24, 2.45) is 5.92 Å². The Balaban J connectivity index is 1.78. The Morgan fingerprint density at radius 3 is 2.84 bits per heavy atom. The van der Waals surface area contributed by atoms with E-state index >= 15 is 0 Å². The second-order valence-electron chi connectivity index (χ2n) is 5.61. The van der Waals surface area contributed by atoms with Crippen molar-refractivity contribution < 1.29 is 0 Å². The Kier molecular flexibility index (Phi) is 6.31. The fourth-order valence-corrected chi connectivity index (χ4v) is 2.87. The molecule has 0 bridgehead atoms. The van der Waals surface area contributed by atoms with Crippen molar-refractivity contribution in [2.45, 2.75) is 32.6 Å². The van der Waals surface area contributed by atoms with Gasteiger partial charge in [0.1, 0.15) is 0 Å². The summed E-state index contributed by atoms with van der Waals surface area (Å²) in [5.41, 5.74) is 1.36. The van der Waals surface area contributed by atoms with Crippen LogP contribution in [0.15, 0.2) is 24.5 Å². The maximum absolute atomic E-state index is 4.20. The lowest BCUT2D eigenvalue weighted by Gasteiger charge is -2.30. The minimum Gasteiger partial charge on any atom is -0.317 e. The molecular weight excluding hydrogens is 234 g/mol. The molecule has 2 heterocycles. The molecule has 0 aromatic carbocycles. The molecule has 0 amide bonds. The third-order valence-corrected chi connectivity index (χ3v) is 3.95. The molecule has 0 spiro atoms. The van der Waals surface area contributed by atoms with Crippen LogP contribution < -0.4 is 5.32 Å². The van der Waals surface area contributed by atoms with Crippen LogP contribution in [0.4, 0.5) is 0 Å². The van der Waals surface area contributed by atoms with Gasteiger partial charge >= 0.3 is 0 Å². The smallest absolute Gasteiger partial charge is 0.0300 e. The van der Waals surface area contributed by atoms with Crippen molar-refractivity contribution in [3.05, 3.63) is 30.1 Å². The van der Waals surface area contributed by atoms with Gasteiger partial charge in [-0.05, 0) is 62.9 Å². The molecule has 1 N–H and O–H groups in total. The van der Waals surface area contributed by atoms with Crippen molar-refractivity contribution in [3.8, 4) is 0 Å². The van der Waals surface area contributed by atoms with Crippen molar-refractivity contribution in [1.29, 1.82) is 0 Å². The molecule has 1 aliphatic heterocycles. The van der Waals surface area contributed by atoms with E-state index in [0.29, 0.717) is 0 Å². The molecule has 1 aromatic heterocycles. The number of pyridine rings is 1. The quantitative estimate of drug-likeness (QED) is 0.816. The van der Waals surface area contributed by atoms with Crippen LogP contribution in [0.25, 0.3) is 0 Å². The van der Waals surface area contributed by atoms with E-state index in [1.165, 1.54) is 57.5 Å². The lowest BCUT2D eigenvalue weighted by atomic mass is 9.97. The van der Waals surface area contributed by atoms with Crippen LogP contribution in [0.2, 0.25) is 0 Å². The van der Waals surface area contributed by atoms with E-state index in [-0.39, 0.29) is 0 Å². The molecule has 0 atom stereocenters. The van der Waals surface area contributed by atoms with Gasteiger partial charge in [-0.1, -0.05) is 13.0 Å². The zero-order valence-electron chi connectivity index (χ0n) is 12.1. The summed E-state index contributed by atoms with van der Waals surface area (Å²) in [7, 11) is 0. The third-order valence-electron chi connectivity index (χ3n) is 3.95. The predicted octanol–water partition coefficient (Wildman–Crippen LogP) is 2.34. The summed E-state index contributed by atoms with van der Waals surface area (Å²) < 4.78 is 0. The lowest BCUT2D eigenvalue weighted by molar-refractivity contribution is 0.207. The molecule has 1 saturated heterocycles. The lowest BCUT2D eigenvalue weighted by Crippen LogP contribution is -2.37. The number of nitrogens with one attached hydrogen (secondary N) is 1. The SMILES string of the molecule is CCCN(CCc1cccnc1)CC1CCNCC1. The molecule has 1 aromatic rings. The van der Waals surface area contributed by atoms with E-state index in [0.717, 1.165) is 12.3 Å². The first-order valence-electron chi connectivity index (χ1n) is 7.70. The summed E-state index contributed by atoms with van der Waals surface area (Å²) in [6, 6.07) is 4.22. The maximum atomic E-state index is 4.20. The molecule has 0 unspecified atom stereocenters. The largest absolute Gasteiger partial charge is 0.317 e. The molecule has 19 heavy (non-hydrogen) atoms. The molecule has 1 fully saturated rings. The first-order valence-corrected chi connectivity index (χ1v) is 7.70. The molecular formula is C16H27N3. The molecule has 2 rings (SSSR count). The summed E-state index contributed by atoms with van der Waals surface area (Å²) in [6.45, 7) is 8.35. The highest BCUT2D eigenvalue weighted by molar-refractivity contribution is 5.08. The van der Waals surface area contributed by atoms with Gasteiger partial charge < -0.3 is 10.2 Å². The minimum atomic E-state index is 0.890. The Bertz CT molecular complexity index is 333. The Hall–Kier alpha value is -0.930. The summed E-state index contributed by atoms with van der Waals surface area (Å²) >= 11 is 0. The summed E-state index contributed by atoms with van der Waals surface area (Å²) in [6.07, 6.45) is 8.90. The molecule has 0 saturated carbocycles. The Morgan fingerprint density at radius 2 is 2.16 bits per heavy atom. The van der Waals surface area contributed by atoms with Crippen LogP contribution in [0.1, 0.15) is 31.7 Å². The van der Waals surface area contributed by atoms with Crippen LogP contribution in [-0.4, -0.2) is 42.6 Å². The molecule has 0 radical (unpaired) electrons. The molecule has 3 heteroatoms. The van der Waals surface area contributed by atoms with Crippen molar-refractivity contribution in [2.75, 3.05) is 32.7 Å². The van der Waals surface area contributed by atoms with Crippen LogP contribution in [0.5, 0.6) is 0 Å². The zero-order chi connectivity index (χ0) is 13.3. The standard InChI is InChI=1S/C16H27N3/c1-2-11-19(14-16-5-9-17-10-6-16)12-7-15-4-3-8-18-13-15/h3-4,8,13,16-17H,2,5-7,9-12,14H2,1H3. The summed E-state index contributed by atoms with van der Waals surface area (Å²) in [5, 5.41) is 3.45. The van der Waals surface area contributed by atoms with E-state index in [4.69, 9.17) is 0 Å². The number of aromatic nitrogens is 1. The first-order chi connectivity index (χ1) is 9.38. The number of hydrogen-bond acceptors (Lipinski definition) is 3. The second kappa shape index (κ2) is 8.28. The van der Waals surface area contributed by atoms with Crippen LogP contribution in [-0.2, 0) is 6.42 Å². The van der Waals surface area contributed by atoms with E-state index in [2.05, 4.69) is 28.2 Å². The Morgan fingerprint density at radius 1 is 1.32 bits per heavy atom. The average molecular weight is 261 g/mol. The third kappa shape index (κ3) is 5.29. The topological polar surface area (TPSA) is 28.2 Å². The number of nitrogens with zero attached hydrogens (tertiary/aromatic N) is 2. The summed E-state index contributed by atoms with van der Waals surface area (Å²) in [4.78, 5) is 6.84. The monoisotopic (exact) mass is 261 g/mol. The van der Waals surface area contributed by atoms with Crippen molar-refractivity contribution in [3.63, 3.8) is 0 Å². The fourth-order valence-electron chi connectivity index (χ4n) is 2.87. The van der Waals surface area contributed by atoms with E-state index in [9.17, 15) is 0 Å². The molecule has 3 nitrogen and oxygen atoms in total. The van der Waals surface area contributed by atoms with Crippen molar-refractivity contribution >= 4 is 0 Å². The number of rotatable bonds is 7. The van der Waals surface area contributed by atoms with E-state index in [1.54, 1.807) is 0 Å². The van der Waals surface area contributed by atoms with Gasteiger partial charge in [-0.15, -0.1) is 0 Å². The Labute approximate surface area is 117 Å². The summed E-state index contributed by atoms with van der Waals surface area (Å²) in [5.74, 6) is 0.890. The highest BCUT2D eigenvalue weighted by Gasteiger charge is 2.16. The predicted molar refractivity (Wildman–Crippen MR) is 80.3 cm³/mol. The molecule has 106 valence electrons.